The summed E-state index contributed by atoms with van der Waals surface area (Å²) in [5, 5.41) is 4.35. The van der Waals surface area contributed by atoms with E-state index in [2.05, 4.69) is 57.0 Å². The topological polar surface area (TPSA) is 24.5 Å². The lowest BCUT2D eigenvalue weighted by Gasteiger charge is -2.38. The minimum Gasteiger partial charge on any atom is -0.372 e. The predicted molar refractivity (Wildman–Crippen MR) is 90.3 cm³/mol. The Morgan fingerprint density at radius 1 is 1.24 bits per heavy atom. The van der Waals surface area contributed by atoms with Crippen molar-refractivity contribution in [3.63, 3.8) is 0 Å². The molecule has 1 aliphatic heterocycles. The Kier molecular flexibility index (Phi) is 5.18. The van der Waals surface area contributed by atoms with Gasteiger partial charge >= 0.3 is 0 Å². The van der Waals surface area contributed by atoms with Gasteiger partial charge in [-0.1, -0.05) is 17.7 Å². The van der Waals surface area contributed by atoms with E-state index in [0.717, 1.165) is 24.7 Å². The Morgan fingerprint density at radius 3 is 2.43 bits per heavy atom. The highest BCUT2D eigenvalue weighted by Crippen LogP contribution is 2.28. The van der Waals surface area contributed by atoms with Crippen LogP contribution in [0.25, 0.3) is 0 Å². The lowest BCUT2D eigenvalue weighted by atomic mass is 10.1. The first-order chi connectivity index (χ1) is 9.74. The van der Waals surface area contributed by atoms with E-state index in [1.807, 2.05) is 6.07 Å². The van der Waals surface area contributed by atoms with Crippen LogP contribution in [-0.2, 0) is 11.3 Å². The normalized spacial score (nSPS) is 23.4. The number of hydrogen-bond acceptors (Lipinski definition) is 3. The van der Waals surface area contributed by atoms with Gasteiger partial charge in [0.1, 0.15) is 0 Å². The fourth-order valence-electron chi connectivity index (χ4n) is 2.72. The minimum atomic E-state index is 0.0997. The molecular formula is C17H27ClN2O. The van der Waals surface area contributed by atoms with Crippen LogP contribution in [-0.4, -0.2) is 30.8 Å². The van der Waals surface area contributed by atoms with Gasteiger partial charge < -0.3 is 15.0 Å². The molecule has 0 aliphatic carbocycles. The first kappa shape index (κ1) is 16.6. The van der Waals surface area contributed by atoms with E-state index < -0.39 is 0 Å². The second-order valence-corrected chi connectivity index (χ2v) is 7.48. The average molecular weight is 311 g/mol. The van der Waals surface area contributed by atoms with Crippen LogP contribution in [0.15, 0.2) is 18.2 Å². The maximum absolute atomic E-state index is 6.22. The summed E-state index contributed by atoms with van der Waals surface area (Å²) in [6.07, 6.45) is 0.493. The van der Waals surface area contributed by atoms with Crippen LogP contribution in [0, 0.1) is 0 Å². The number of anilines is 1. The molecule has 0 unspecified atom stereocenters. The lowest BCUT2D eigenvalue weighted by Crippen LogP contribution is -2.46. The van der Waals surface area contributed by atoms with Crippen molar-refractivity contribution in [3.05, 3.63) is 28.8 Å². The van der Waals surface area contributed by atoms with Gasteiger partial charge in [0, 0.05) is 35.9 Å². The summed E-state index contributed by atoms with van der Waals surface area (Å²) in [7, 11) is 0. The summed E-state index contributed by atoms with van der Waals surface area (Å²) in [6.45, 7) is 13.5. The SMILES string of the molecule is C[C@@H]1CN(c2cc(Cl)ccc2CNC(C)(C)C)C[C@H](C)O1. The van der Waals surface area contributed by atoms with Crippen LogP contribution in [0.4, 0.5) is 5.69 Å². The molecule has 1 saturated heterocycles. The van der Waals surface area contributed by atoms with E-state index in [-0.39, 0.29) is 17.7 Å². The molecule has 2 atom stereocenters. The van der Waals surface area contributed by atoms with Crippen LogP contribution in [0.3, 0.4) is 0 Å². The Bertz CT molecular complexity index is 474. The van der Waals surface area contributed by atoms with E-state index in [0.29, 0.717) is 0 Å². The van der Waals surface area contributed by atoms with Crippen molar-refractivity contribution >= 4 is 17.3 Å². The molecular weight excluding hydrogens is 284 g/mol. The fourth-order valence-corrected chi connectivity index (χ4v) is 2.88. The van der Waals surface area contributed by atoms with E-state index in [4.69, 9.17) is 16.3 Å². The summed E-state index contributed by atoms with van der Waals surface area (Å²) in [6, 6.07) is 6.17. The molecule has 0 amide bonds. The van der Waals surface area contributed by atoms with Crippen molar-refractivity contribution < 1.29 is 4.74 Å². The van der Waals surface area contributed by atoms with Gasteiger partial charge in [-0.15, -0.1) is 0 Å². The van der Waals surface area contributed by atoms with Gasteiger partial charge in [-0.3, -0.25) is 0 Å². The van der Waals surface area contributed by atoms with Gasteiger partial charge in [0.2, 0.25) is 0 Å². The Balaban J connectivity index is 2.22. The van der Waals surface area contributed by atoms with Gasteiger partial charge in [0.05, 0.1) is 12.2 Å². The molecule has 1 aromatic rings. The summed E-state index contributed by atoms with van der Waals surface area (Å²) >= 11 is 6.22. The second kappa shape index (κ2) is 6.55. The van der Waals surface area contributed by atoms with Gasteiger partial charge in [0.25, 0.3) is 0 Å². The van der Waals surface area contributed by atoms with Crippen molar-refractivity contribution in [2.45, 2.75) is 58.9 Å². The number of nitrogens with one attached hydrogen (secondary N) is 1. The monoisotopic (exact) mass is 310 g/mol. The quantitative estimate of drug-likeness (QED) is 0.918. The van der Waals surface area contributed by atoms with Gasteiger partial charge in [-0.05, 0) is 52.3 Å². The highest BCUT2D eigenvalue weighted by molar-refractivity contribution is 6.30. The maximum Gasteiger partial charge on any atom is 0.0726 e. The third-order valence-corrected chi connectivity index (χ3v) is 3.85. The number of rotatable bonds is 3. The van der Waals surface area contributed by atoms with Crippen LogP contribution in [0.5, 0.6) is 0 Å². The third kappa shape index (κ3) is 4.87. The molecule has 1 N–H and O–H groups in total. The first-order valence-corrected chi connectivity index (χ1v) is 8.06. The highest BCUT2D eigenvalue weighted by Gasteiger charge is 2.24. The summed E-state index contributed by atoms with van der Waals surface area (Å²) in [5.41, 5.74) is 2.61. The number of benzene rings is 1. The van der Waals surface area contributed by atoms with Crippen molar-refractivity contribution in [1.29, 1.82) is 0 Å². The zero-order chi connectivity index (χ0) is 15.6. The molecule has 1 heterocycles. The molecule has 21 heavy (non-hydrogen) atoms. The van der Waals surface area contributed by atoms with Crippen molar-refractivity contribution in [2.24, 2.45) is 0 Å². The maximum atomic E-state index is 6.22. The molecule has 0 saturated carbocycles. The van der Waals surface area contributed by atoms with Crippen molar-refractivity contribution in [2.75, 3.05) is 18.0 Å². The zero-order valence-corrected chi connectivity index (χ0v) is 14.5. The molecule has 1 aromatic carbocycles. The van der Waals surface area contributed by atoms with Crippen molar-refractivity contribution in [1.82, 2.24) is 5.32 Å². The Morgan fingerprint density at radius 2 is 1.86 bits per heavy atom. The number of morpholine rings is 1. The van der Waals surface area contributed by atoms with Crippen LogP contribution >= 0.6 is 11.6 Å². The van der Waals surface area contributed by atoms with E-state index in [1.165, 1.54) is 11.3 Å². The third-order valence-electron chi connectivity index (χ3n) is 3.62. The van der Waals surface area contributed by atoms with Gasteiger partial charge in [0.15, 0.2) is 0 Å². The standard InChI is InChI=1S/C17H27ClN2O/c1-12-10-20(11-13(2)21-12)16-8-15(18)7-6-14(16)9-19-17(3,4)5/h6-8,12-13,19H,9-11H2,1-5H3/t12-,13+. The summed E-state index contributed by atoms with van der Waals surface area (Å²) < 4.78 is 5.83. The van der Waals surface area contributed by atoms with E-state index in [1.54, 1.807) is 0 Å². The average Bonchev–Trinajstić information content (AvgIpc) is 2.35. The van der Waals surface area contributed by atoms with Gasteiger partial charge in [-0.2, -0.15) is 0 Å². The molecule has 0 aromatic heterocycles. The number of hydrogen-bond donors (Lipinski definition) is 1. The molecule has 1 fully saturated rings. The fraction of sp³-hybridized carbons (Fsp3) is 0.647. The summed E-state index contributed by atoms with van der Waals surface area (Å²) in [4.78, 5) is 2.39. The molecule has 0 spiro atoms. The van der Waals surface area contributed by atoms with Gasteiger partial charge in [-0.25, -0.2) is 0 Å². The molecule has 0 bridgehead atoms. The van der Waals surface area contributed by atoms with Crippen LogP contribution < -0.4 is 10.2 Å². The molecule has 0 radical (unpaired) electrons. The summed E-state index contributed by atoms with van der Waals surface area (Å²) in [5.74, 6) is 0. The molecule has 118 valence electrons. The van der Waals surface area contributed by atoms with Crippen molar-refractivity contribution in [3.8, 4) is 0 Å². The highest BCUT2D eigenvalue weighted by atomic mass is 35.5. The van der Waals surface area contributed by atoms with Crippen LogP contribution in [0.1, 0.15) is 40.2 Å². The molecule has 2 rings (SSSR count). The molecule has 3 nitrogen and oxygen atoms in total. The number of halogens is 1. The number of nitrogens with zero attached hydrogens (tertiary/aromatic N) is 1. The minimum absolute atomic E-state index is 0.0997. The largest absolute Gasteiger partial charge is 0.372 e. The Hall–Kier alpha value is -0.770. The zero-order valence-electron chi connectivity index (χ0n) is 13.7. The Labute approximate surface area is 133 Å². The smallest absolute Gasteiger partial charge is 0.0726 e. The predicted octanol–water partition coefficient (Wildman–Crippen LogP) is 3.84. The molecule has 1 aliphatic rings. The lowest BCUT2D eigenvalue weighted by molar-refractivity contribution is -0.00527. The first-order valence-electron chi connectivity index (χ1n) is 7.68. The van der Waals surface area contributed by atoms with E-state index >= 15 is 0 Å². The number of ether oxygens (including phenoxy) is 1. The second-order valence-electron chi connectivity index (χ2n) is 7.04. The molecule has 4 heteroatoms. The van der Waals surface area contributed by atoms with Crippen LogP contribution in [0.2, 0.25) is 5.02 Å². The van der Waals surface area contributed by atoms with E-state index in [9.17, 15) is 0 Å².